The number of hydrogen-bond acceptors (Lipinski definition) is 3. The van der Waals surface area contributed by atoms with E-state index in [9.17, 15) is 9.59 Å². The van der Waals surface area contributed by atoms with Gasteiger partial charge in [0, 0.05) is 11.1 Å². The van der Waals surface area contributed by atoms with E-state index in [1.807, 2.05) is 0 Å². The van der Waals surface area contributed by atoms with Gasteiger partial charge in [-0.2, -0.15) is 0 Å². The molecule has 0 unspecified atom stereocenters. The van der Waals surface area contributed by atoms with Gasteiger partial charge < -0.3 is 15.8 Å². The predicted molar refractivity (Wildman–Crippen MR) is 85.0 cm³/mol. The van der Waals surface area contributed by atoms with Crippen molar-refractivity contribution in [3.63, 3.8) is 0 Å². The second-order valence-electron chi connectivity index (χ2n) is 5.73. The quantitative estimate of drug-likeness (QED) is 0.873. The van der Waals surface area contributed by atoms with E-state index in [0.29, 0.717) is 10.9 Å². The Morgan fingerprint density at radius 2 is 2.09 bits per heavy atom. The normalized spacial score (nSPS) is 21.2. The molecule has 0 radical (unpaired) electrons. The van der Waals surface area contributed by atoms with E-state index in [4.69, 9.17) is 22.1 Å². The fourth-order valence-electron chi connectivity index (χ4n) is 2.74. The van der Waals surface area contributed by atoms with E-state index in [1.54, 1.807) is 6.07 Å². The Bertz CT molecular complexity index is 562. The number of carbonyl (C=O) groups excluding carboxylic acids is 2. The van der Waals surface area contributed by atoms with Gasteiger partial charge in [0.2, 0.25) is 0 Å². The maximum Gasteiger partial charge on any atom is 0.258 e. The van der Waals surface area contributed by atoms with E-state index < -0.39 is 5.91 Å². The molecule has 1 aliphatic carbocycles. The highest BCUT2D eigenvalue weighted by Crippen LogP contribution is 2.24. The minimum atomic E-state index is -0.618. The van der Waals surface area contributed by atoms with E-state index in [2.05, 4.69) is 12.2 Å². The molecule has 6 heteroatoms. The van der Waals surface area contributed by atoms with E-state index in [1.165, 1.54) is 18.6 Å². The first-order chi connectivity index (χ1) is 10.5. The van der Waals surface area contributed by atoms with Crippen LogP contribution in [0.2, 0.25) is 5.02 Å². The monoisotopic (exact) mass is 324 g/mol. The van der Waals surface area contributed by atoms with Crippen molar-refractivity contribution < 1.29 is 14.3 Å². The summed E-state index contributed by atoms with van der Waals surface area (Å²) in [5.74, 6) is -0.112. The Hall–Kier alpha value is -1.75. The van der Waals surface area contributed by atoms with Crippen LogP contribution in [0.5, 0.6) is 5.75 Å². The lowest BCUT2D eigenvalue weighted by Gasteiger charge is -2.29. The van der Waals surface area contributed by atoms with Gasteiger partial charge in [-0.1, -0.05) is 31.4 Å². The minimum Gasteiger partial charge on any atom is -0.483 e. The van der Waals surface area contributed by atoms with Crippen molar-refractivity contribution in [2.24, 2.45) is 11.7 Å². The number of rotatable bonds is 5. The largest absolute Gasteiger partial charge is 0.483 e. The van der Waals surface area contributed by atoms with Gasteiger partial charge in [0.05, 0.1) is 5.56 Å². The van der Waals surface area contributed by atoms with Gasteiger partial charge in [0.1, 0.15) is 5.75 Å². The molecule has 1 aromatic rings. The average Bonchev–Trinajstić information content (AvgIpc) is 2.47. The molecule has 2 rings (SSSR count). The molecule has 120 valence electrons. The number of carbonyl (C=O) groups is 2. The predicted octanol–water partition coefficient (Wildman–Crippen LogP) is 2.51. The highest BCUT2D eigenvalue weighted by atomic mass is 35.5. The summed E-state index contributed by atoms with van der Waals surface area (Å²) in [6.07, 6.45) is 4.48. The number of nitrogens with two attached hydrogens (primary N) is 1. The van der Waals surface area contributed by atoms with Crippen LogP contribution in [0.25, 0.3) is 0 Å². The van der Waals surface area contributed by atoms with Crippen molar-refractivity contribution in [2.45, 2.75) is 38.6 Å². The lowest BCUT2D eigenvalue weighted by molar-refractivity contribution is -0.124. The SMILES string of the molecule is C[C@H]1CCCC[C@@H]1NC(=O)COc1cc(Cl)ccc1C(N)=O. The highest BCUT2D eigenvalue weighted by molar-refractivity contribution is 6.30. The molecular weight excluding hydrogens is 304 g/mol. The molecule has 0 heterocycles. The summed E-state index contributed by atoms with van der Waals surface area (Å²) in [7, 11) is 0. The number of hydrogen-bond donors (Lipinski definition) is 2. The molecule has 0 aromatic heterocycles. The molecule has 0 spiro atoms. The van der Waals surface area contributed by atoms with Crippen LogP contribution in [0.3, 0.4) is 0 Å². The maximum atomic E-state index is 12.0. The second kappa shape index (κ2) is 7.49. The summed E-state index contributed by atoms with van der Waals surface area (Å²) in [4.78, 5) is 23.3. The summed E-state index contributed by atoms with van der Waals surface area (Å²) in [6.45, 7) is 1.98. The average molecular weight is 325 g/mol. The minimum absolute atomic E-state index is 0.163. The third-order valence-electron chi connectivity index (χ3n) is 4.03. The summed E-state index contributed by atoms with van der Waals surface area (Å²) in [6, 6.07) is 4.72. The molecule has 3 N–H and O–H groups in total. The van der Waals surface area contributed by atoms with Crippen molar-refractivity contribution >= 4 is 23.4 Å². The number of benzene rings is 1. The van der Waals surface area contributed by atoms with Gasteiger partial charge in [0.25, 0.3) is 11.8 Å². The molecule has 0 bridgehead atoms. The lowest BCUT2D eigenvalue weighted by atomic mass is 9.86. The number of halogens is 1. The summed E-state index contributed by atoms with van der Waals surface area (Å²) < 4.78 is 5.42. The Balaban J connectivity index is 1.93. The molecule has 2 amide bonds. The molecule has 1 aliphatic rings. The molecule has 1 saturated carbocycles. The van der Waals surface area contributed by atoms with E-state index in [-0.39, 0.29) is 29.9 Å². The highest BCUT2D eigenvalue weighted by Gasteiger charge is 2.23. The van der Waals surface area contributed by atoms with Crippen LogP contribution < -0.4 is 15.8 Å². The first kappa shape index (κ1) is 16.6. The van der Waals surface area contributed by atoms with Crippen LogP contribution >= 0.6 is 11.6 Å². The van der Waals surface area contributed by atoms with Crippen molar-refractivity contribution in [2.75, 3.05) is 6.61 Å². The zero-order valence-corrected chi connectivity index (χ0v) is 13.4. The Morgan fingerprint density at radius 3 is 2.77 bits per heavy atom. The molecule has 0 aliphatic heterocycles. The summed E-state index contributed by atoms with van der Waals surface area (Å²) in [5.41, 5.74) is 5.49. The zero-order valence-electron chi connectivity index (χ0n) is 12.6. The third kappa shape index (κ3) is 4.37. The maximum absolute atomic E-state index is 12.0. The molecule has 2 atom stereocenters. The van der Waals surface area contributed by atoms with Gasteiger partial charge in [0.15, 0.2) is 6.61 Å². The molecule has 5 nitrogen and oxygen atoms in total. The van der Waals surface area contributed by atoms with Crippen molar-refractivity contribution in [3.05, 3.63) is 28.8 Å². The molecule has 1 fully saturated rings. The first-order valence-corrected chi connectivity index (χ1v) is 7.86. The second-order valence-corrected chi connectivity index (χ2v) is 6.17. The number of primary amides is 1. The fourth-order valence-corrected chi connectivity index (χ4v) is 2.90. The van der Waals surface area contributed by atoms with Crippen molar-refractivity contribution in [1.29, 1.82) is 0 Å². The van der Waals surface area contributed by atoms with Crippen LogP contribution in [0.15, 0.2) is 18.2 Å². The first-order valence-electron chi connectivity index (χ1n) is 7.49. The van der Waals surface area contributed by atoms with Gasteiger partial charge in [-0.05, 0) is 37.0 Å². The van der Waals surface area contributed by atoms with E-state index >= 15 is 0 Å². The third-order valence-corrected chi connectivity index (χ3v) is 4.26. The Morgan fingerprint density at radius 1 is 1.36 bits per heavy atom. The van der Waals surface area contributed by atoms with Gasteiger partial charge in [-0.3, -0.25) is 9.59 Å². The van der Waals surface area contributed by atoms with Crippen LogP contribution in [0.1, 0.15) is 43.0 Å². The van der Waals surface area contributed by atoms with Crippen LogP contribution in [-0.2, 0) is 4.79 Å². The smallest absolute Gasteiger partial charge is 0.258 e. The Kier molecular flexibility index (Phi) is 5.66. The molecule has 0 saturated heterocycles. The van der Waals surface area contributed by atoms with Gasteiger partial charge in [-0.15, -0.1) is 0 Å². The fraction of sp³-hybridized carbons (Fsp3) is 0.500. The number of amides is 2. The lowest BCUT2D eigenvalue weighted by Crippen LogP contribution is -2.43. The van der Waals surface area contributed by atoms with Gasteiger partial charge >= 0.3 is 0 Å². The Labute approximate surface area is 135 Å². The van der Waals surface area contributed by atoms with Crippen LogP contribution in [-0.4, -0.2) is 24.5 Å². The van der Waals surface area contributed by atoms with E-state index in [0.717, 1.165) is 19.3 Å². The standard InChI is InChI=1S/C16H21ClN2O3/c1-10-4-2-3-5-13(10)19-15(20)9-22-14-8-11(17)6-7-12(14)16(18)21/h6-8,10,13H,2-5,9H2,1H3,(H2,18,21)(H,19,20)/t10-,13-/m0/s1. The van der Waals surface area contributed by atoms with Crippen LogP contribution in [0, 0.1) is 5.92 Å². The number of nitrogens with one attached hydrogen (secondary N) is 1. The summed E-state index contributed by atoms with van der Waals surface area (Å²) in [5, 5.41) is 3.41. The molecule has 1 aromatic carbocycles. The topological polar surface area (TPSA) is 81.4 Å². The summed E-state index contributed by atoms with van der Waals surface area (Å²) >= 11 is 5.88. The van der Waals surface area contributed by atoms with Crippen LogP contribution in [0.4, 0.5) is 0 Å². The van der Waals surface area contributed by atoms with Gasteiger partial charge in [-0.25, -0.2) is 0 Å². The molecule has 22 heavy (non-hydrogen) atoms. The zero-order chi connectivity index (χ0) is 16.1. The molecular formula is C16H21ClN2O3. The van der Waals surface area contributed by atoms with Crippen molar-refractivity contribution in [3.8, 4) is 5.75 Å². The van der Waals surface area contributed by atoms with Crippen molar-refractivity contribution in [1.82, 2.24) is 5.32 Å². The number of ether oxygens (including phenoxy) is 1.